The van der Waals surface area contributed by atoms with E-state index in [4.69, 9.17) is 16.3 Å². The first-order chi connectivity index (χ1) is 14.0. The highest BCUT2D eigenvalue weighted by molar-refractivity contribution is 6.28. The molecule has 3 heterocycles. The van der Waals surface area contributed by atoms with Crippen LogP contribution in [-0.4, -0.2) is 26.6 Å². The number of ether oxygens (including phenoxy) is 1. The SMILES string of the molecule is COc1cc(-c2ccc3nc(Cl)nc(C(C)c4ccccn4)c3c2)cn(C)c1=O. The standard InChI is InChI=1S/C22H19ClN4O2/c1-13(17-6-4-5-9-24-17)20-16-10-14(7-8-18(16)25-22(23)26-20)15-11-19(29-3)21(28)27(2)12-15/h4-13H,1-3H3. The van der Waals surface area contributed by atoms with Gasteiger partial charge in [-0.25, -0.2) is 9.97 Å². The molecule has 0 fully saturated rings. The molecule has 0 bridgehead atoms. The van der Waals surface area contributed by atoms with Crippen LogP contribution in [-0.2, 0) is 7.05 Å². The molecule has 0 aliphatic heterocycles. The van der Waals surface area contributed by atoms with Crippen molar-refractivity contribution in [3.05, 3.63) is 81.9 Å². The molecule has 1 unspecified atom stereocenters. The minimum Gasteiger partial charge on any atom is -0.491 e. The van der Waals surface area contributed by atoms with Gasteiger partial charge in [-0.15, -0.1) is 0 Å². The first-order valence-corrected chi connectivity index (χ1v) is 9.49. The Morgan fingerprint density at radius 3 is 2.66 bits per heavy atom. The van der Waals surface area contributed by atoms with Gasteiger partial charge in [0.05, 0.1) is 18.3 Å². The zero-order valence-electron chi connectivity index (χ0n) is 16.3. The number of aromatic nitrogens is 4. The monoisotopic (exact) mass is 406 g/mol. The Hall–Kier alpha value is -3.25. The summed E-state index contributed by atoms with van der Waals surface area (Å²) in [6, 6.07) is 13.4. The Morgan fingerprint density at radius 1 is 1.10 bits per heavy atom. The van der Waals surface area contributed by atoms with E-state index in [1.54, 1.807) is 25.5 Å². The number of rotatable bonds is 4. The number of methoxy groups -OCH3 is 1. The van der Waals surface area contributed by atoms with Gasteiger partial charge in [-0.3, -0.25) is 9.78 Å². The number of hydrogen-bond donors (Lipinski definition) is 0. The van der Waals surface area contributed by atoms with Crippen molar-refractivity contribution in [3.8, 4) is 16.9 Å². The van der Waals surface area contributed by atoms with E-state index >= 15 is 0 Å². The van der Waals surface area contributed by atoms with E-state index < -0.39 is 0 Å². The molecule has 0 N–H and O–H groups in total. The second-order valence-electron chi connectivity index (χ2n) is 6.80. The van der Waals surface area contributed by atoms with Gasteiger partial charge in [0, 0.05) is 42.0 Å². The zero-order chi connectivity index (χ0) is 20.5. The Kier molecular flexibility index (Phi) is 5.03. The molecule has 1 aromatic carbocycles. The first kappa shape index (κ1) is 19.1. The second-order valence-corrected chi connectivity index (χ2v) is 7.14. The molecule has 0 saturated heterocycles. The van der Waals surface area contributed by atoms with Gasteiger partial charge in [-0.1, -0.05) is 19.1 Å². The Morgan fingerprint density at radius 2 is 1.93 bits per heavy atom. The van der Waals surface area contributed by atoms with Crippen LogP contribution >= 0.6 is 11.6 Å². The van der Waals surface area contributed by atoms with Crippen LogP contribution in [0.5, 0.6) is 5.75 Å². The highest BCUT2D eigenvalue weighted by Crippen LogP contribution is 2.32. The molecule has 0 amide bonds. The predicted molar refractivity (Wildman–Crippen MR) is 114 cm³/mol. The third kappa shape index (κ3) is 3.59. The van der Waals surface area contributed by atoms with Crippen molar-refractivity contribution in [3.63, 3.8) is 0 Å². The number of pyridine rings is 2. The van der Waals surface area contributed by atoms with E-state index in [9.17, 15) is 4.79 Å². The molecule has 0 radical (unpaired) electrons. The van der Waals surface area contributed by atoms with Gasteiger partial charge in [-0.05, 0) is 47.5 Å². The fourth-order valence-corrected chi connectivity index (χ4v) is 3.57. The van der Waals surface area contributed by atoms with E-state index in [1.807, 2.05) is 43.3 Å². The lowest BCUT2D eigenvalue weighted by atomic mass is 9.96. The summed E-state index contributed by atoms with van der Waals surface area (Å²) in [5.41, 5.74) is 4.05. The molecule has 4 rings (SSSR count). The van der Waals surface area contributed by atoms with Gasteiger partial charge >= 0.3 is 0 Å². The van der Waals surface area contributed by atoms with Crippen LogP contribution in [0, 0.1) is 0 Å². The van der Waals surface area contributed by atoms with Crippen LogP contribution in [0.1, 0.15) is 24.2 Å². The summed E-state index contributed by atoms with van der Waals surface area (Å²) in [6.07, 6.45) is 3.55. The van der Waals surface area contributed by atoms with E-state index in [-0.39, 0.29) is 16.8 Å². The number of nitrogens with zero attached hydrogens (tertiary/aromatic N) is 4. The van der Waals surface area contributed by atoms with Crippen molar-refractivity contribution < 1.29 is 4.74 Å². The molecule has 0 aliphatic rings. The average Bonchev–Trinajstić information content (AvgIpc) is 2.74. The summed E-state index contributed by atoms with van der Waals surface area (Å²) < 4.78 is 6.74. The zero-order valence-corrected chi connectivity index (χ0v) is 17.0. The lowest BCUT2D eigenvalue weighted by Gasteiger charge is -2.15. The van der Waals surface area contributed by atoms with Gasteiger partial charge in [0.15, 0.2) is 5.75 Å². The molecule has 3 aromatic heterocycles. The number of halogens is 1. The summed E-state index contributed by atoms with van der Waals surface area (Å²) in [7, 11) is 3.19. The predicted octanol–water partition coefficient (Wildman–Crippen LogP) is 4.20. The molecule has 6 nitrogen and oxygen atoms in total. The fourth-order valence-electron chi connectivity index (χ4n) is 3.39. The molecule has 146 valence electrons. The second kappa shape index (κ2) is 7.64. The van der Waals surface area contributed by atoms with Crippen LogP contribution in [0.4, 0.5) is 0 Å². The lowest BCUT2D eigenvalue weighted by molar-refractivity contribution is 0.405. The maximum atomic E-state index is 12.1. The summed E-state index contributed by atoms with van der Waals surface area (Å²) in [4.78, 5) is 25.5. The Balaban J connectivity index is 1.91. The molecule has 4 aromatic rings. The number of benzene rings is 1. The number of hydrogen-bond acceptors (Lipinski definition) is 5. The molecule has 0 aliphatic carbocycles. The molecule has 0 spiro atoms. The fraction of sp³-hybridized carbons (Fsp3) is 0.182. The minimum absolute atomic E-state index is 0.0656. The average molecular weight is 407 g/mol. The molecule has 29 heavy (non-hydrogen) atoms. The minimum atomic E-state index is -0.184. The van der Waals surface area contributed by atoms with Crippen LogP contribution in [0.2, 0.25) is 5.28 Å². The van der Waals surface area contributed by atoms with Crippen LogP contribution in [0.3, 0.4) is 0 Å². The van der Waals surface area contributed by atoms with Crippen molar-refractivity contribution in [2.24, 2.45) is 7.05 Å². The van der Waals surface area contributed by atoms with Crippen molar-refractivity contribution in [1.29, 1.82) is 0 Å². The summed E-state index contributed by atoms with van der Waals surface area (Å²) in [5, 5.41) is 1.09. The van der Waals surface area contributed by atoms with Gasteiger partial charge in [-0.2, -0.15) is 0 Å². The topological polar surface area (TPSA) is 69.9 Å². The van der Waals surface area contributed by atoms with Crippen molar-refractivity contribution in [2.75, 3.05) is 7.11 Å². The molecule has 7 heteroatoms. The highest BCUT2D eigenvalue weighted by atomic mass is 35.5. The van der Waals surface area contributed by atoms with Gasteiger partial charge in [0.1, 0.15) is 0 Å². The Labute approximate surface area is 172 Å². The smallest absolute Gasteiger partial charge is 0.292 e. The maximum Gasteiger partial charge on any atom is 0.292 e. The summed E-state index contributed by atoms with van der Waals surface area (Å²) in [5.74, 6) is 0.226. The van der Waals surface area contributed by atoms with Gasteiger partial charge in [0.25, 0.3) is 5.56 Å². The summed E-state index contributed by atoms with van der Waals surface area (Å²) in [6.45, 7) is 2.04. The molecular formula is C22H19ClN4O2. The third-order valence-electron chi connectivity index (χ3n) is 4.94. The van der Waals surface area contributed by atoms with Crippen molar-refractivity contribution >= 4 is 22.5 Å². The summed E-state index contributed by atoms with van der Waals surface area (Å²) >= 11 is 6.19. The van der Waals surface area contributed by atoms with E-state index in [1.165, 1.54) is 11.7 Å². The van der Waals surface area contributed by atoms with E-state index in [0.29, 0.717) is 5.75 Å². The Bertz CT molecular complexity index is 1260. The van der Waals surface area contributed by atoms with Crippen molar-refractivity contribution in [1.82, 2.24) is 19.5 Å². The largest absolute Gasteiger partial charge is 0.491 e. The normalized spacial score (nSPS) is 12.1. The van der Waals surface area contributed by atoms with E-state index in [2.05, 4.69) is 15.0 Å². The lowest BCUT2D eigenvalue weighted by Crippen LogP contribution is -2.17. The maximum absolute atomic E-state index is 12.1. The number of fused-ring (bicyclic) bond motifs is 1. The van der Waals surface area contributed by atoms with Crippen LogP contribution in [0.25, 0.3) is 22.0 Å². The van der Waals surface area contributed by atoms with Crippen LogP contribution in [0.15, 0.2) is 59.7 Å². The van der Waals surface area contributed by atoms with Gasteiger partial charge < -0.3 is 9.30 Å². The quantitative estimate of drug-likeness (QED) is 0.475. The van der Waals surface area contributed by atoms with Gasteiger partial charge in [0.2, 0.25) is 5.28 Å². The third-order valence-corrected chi connectivity index (χ3v) is 5.11. The number of aryl methyl sites for hydroxylation is 1. The molecule has 1 atom stereocenters. The highest BCUT2D eigenvalue weighted by Gasteiger charge is 2.17. The van der Waals surface area contributed by atoms with Crippen LogP contribution < -0.4 is 10.3 Å². The first-order valence-electron chi connectivity index (χ1n) is 9.11. The van der Waals surface area contributed by atoms with E-state index in [0.717, 1.165) is 33.4 Å². The molecule has 0 saturated carbocycles. The van der Waals surface area contributed by atoms with Crippen molar-refractivity contribution in [2.45, 2.75) is 12.8 Å². The molecular weight excluding hydrogens is 388 g/mol.